The van der Waals surface area contributed by atoms with Crippen molar-refractivity contribution in [1.29, 1.82) is 0 Å². The number of hydrogen-bond donors (Lipinski definition) is 1. The van der Waals surface area contributed by atoms with Gasteiger partial charge in [-0.2, -0.15) is 0 Å². The first-order valence-electron chi connectivity index (χ1n) is 6.79. The van der Waals surface area contributed by atoms with Gasteiger partial charge in [-0.15, -0.1) is 11.3 Å². The maximum absolute atomic E-state index is 12.1. The van der Waals surface area contributed by atoms with Crippen molar-refractivity contribution >= 4 is 33.7 Å². The first-order chi connectivity index (χ1) is 10.1. The maximum Gasteiger partial charge on any atom is 0.284 e. The van der Waals surface area contributed by atoms with Gasteiger partial charge in [-0.25, -0.2) is 4.98 Å². The van der Waals surface area contributed by atoms with Gasteiger partial charge in [0.1, 0.15) is 0 Å². The summed E-state index contributed by atoms with van der Waals surface area (Å²) in [5.74, 6) is -0.221. The van der Waals surface area contributed by atoms with Crippen LogP contribution in [0.25, 0.3) is 0 Å². The van der Waals surface area contributed by atoms with Crippen molar-refractivity contribution in [3.05, 3.63) is 40.3 Å². The number of amides is 1. The second-order valence-electron chi connectivity index (χ2n) is 4.68. The molecule has 0 bridgehead atoms. The smallest absolute Gasteiger partial charge is 0.284 e. The number of aryl methyl sites for hydroxylation is 1. The number of rotatable bonds is 6. The number of carbonyl (C=O) groups excluding carboxylic acids is 1. The first-order valence-corrected chi connectivity index (χ1v) is 9.23. The zero-order chi connectivity index (χ0) is 15.2. The van der Waals surface area contributed by atoms with Crippen molar-refractivity contribution in [3.63, 3.8) is 0 Å². The molecule has 2 rings (SSSR count). The fourth-order valence-corrected chi connectivity index (χ4v) is 3.13. The summed E-state index contributed by atoms with van der Waals surface area (Å²) < 4.78 is 11.4. The number of carbonyl (C=O) groups is 1. The Morgan fingerprint density at radius 3 is 2.95 bits per heavy atom. The van der Waals surface area contributed by atoms with Crippen molar-refractivity contribution in [3.8, 4) is 0 Å². The molecule has 1 aromatic carbocycles. The summed E-state index contributed by atoms with van der Waals surface area (Å²) in [6, 6.07) is 7.05. The second-order valence-corrected chi connectivity index (χ2v) is 6.92. The molecule has 1 aromatic heterocycles. The van der Waals surface area contributed by atoms with E-state index in [1.807, 2.05) is 5.38 Å². The third-order valence-corrected chi connectivity index (χ3v) is 4.76. The van der Waals surface area contributed by atoms with E-state index in [9.17, 15) is 9.00 Å². The van der Waals surface area contributed by atoms with Gasteiger partial charge in [-0.3, -0.25) is 9.00 Å². The van der Waals surface area contributed by atoms with E-state index in [4.69, 9.17) is 0 Å². The Morgan fingerprint density at radius 2 is 2.24 bits per heavy atom. The van der Waals surface area contributed by atoms with Gasteiger partial charge in [0.2, 0.25) is 0 Å². The number of anilines is 1. The van der Waals surface area contributed by atoms with Crippen molar-refractivity contribution in [2.75, 3.05) is 11.6 Å². The minimum atomic E-state index is -1.06. The normalized spacial score (nSPS) is 12.1. The highest BCUT2D eigenvalue weighted by molar-refractivity contribution is 7.84. The van der Waals surface area contributed by atoms with Crippen molar-refractivity contribution in [2.24, 2.45) is 0 Å². The van der Waals surface area contributed by atoms with Gasteiger partial charge in [0, 0.05) is 33.0 Å². The Hall–Kier alpha value is -1.53. The molecule has 1 heterocycles. The molecule has 0 radical (unpaired) electrons. The van der Waals surface area contributed by atoms with Gasteiger partial charge in [0.15, 0.2) is 5.01 Å². The molecular weight excluding hydrogens is 304 g/mol. The van der Waals surface area contributed by atoms with E-state index in [0.29, 0.717) is 15.6 Å². The van der Waals surface area contributed by atoms with Crippen LogP contribution in [0.5, 0.6) is 0 Å². The maximum atomic E-state index is 12.1. The highest BCUT2D eigenvalue weighted by Crippen LogP contribution is 2.17. The quantitative estimate of drug-likeness (QED) is 0.886. The van der Waals surface area contributed by atoms with Crippen LogP contribution in [0.1, 0.15) is 35.3 Å². The minimum absolute atomic E-state index is 0.221. The lowest BCUT2D eigenvalue weighted by Crippen LogP contribution is -2.12. The van der Waals surface area contributed by atoms with E-state index in [-0.39, 0.29) is 5.91 Å². The number of thiazole rings is 1. The highest BCUT2D eigenvalue weighted by Gasteiger charge is 2.11. The molecule has 1 amide bonds. The first kappa shape index (κ1) is 15.9. The highest BCUT2D eigenvalue weighted by atomic mass is 32.2. The zero-order valence-corrected chi connectivity index (χ0v) is 13.7. The van der Waals surface area contributed by atoms with E-state index >= 15 is 0 Å². The average Bonchev–Trinajstić information content (AvgIpc) is 2.94. The number of nitrogens with one attached hydrogen (secondary N) is 1. The summed E-state index contributed by atoms with van der Waals surface area (Å²) in [6.45, 7) is 2.13. The van der Waals surface area contributed by atoms with Crippen LogP contribution in [0, 0.1) is 0 Å². The van der Waals surface area contributed by atoms with E-state index in [1.54, 1.807) is 30.5 Å². The molecule has 112 valence electrons. The molecule has 1 atom stereocenters. The van der Waals surface area contributed by atoms with Crippen molar-refractivity contribution < 1.29 is 9.00 Å². The topological polar surface area (TPSA) is 59.1 Å². The van der Waals surface area contributed by atoms with E-state index in [1.165, 1.54) is 11.3 Å². The van der Waals surface area contributed by atoms with Crippen LogP contribution in [0.15, 0.2) is 34.5 Å². The molecule has 0 unspecified atom stereocenters. The fourth-order valence-electron chi connectivity index (χ4n) is 1.82. The molecule has 0 saturated heterocycles. The summed E-state index contributed by atoms with van der Waals surface area (Å²) in [7, 11) is -1.06. The van der Waals surface area contributed by atoms with E-state index in [2.05, 4.69) is 17.2 Å². The predicted octanol–water partition coefficient (Wildman–Crippen LogP) is 3.48. The molecule has 0 fully saturated rings. The Labute approximate surface area is 131 Å². The molecule has 0 spiro atoms. The Bertz CT molecular complexity index is 653. The number of hydrogen-bond acceptors (Lipinski definition) is 4. The lowest BCUT2D eigenvalue weighted by Gasteiger charge is -2.04. The molecule has 0 saturated carbocycles. The largest absolute Gasteiger partial charge is 0.320 e. The standard InChI is InChI=1S/C15H18N2O2S2/c1-3-4-6-12-10-20-15(17-12)14(18)16-11-7-5-8-13(9-11)21(2)19/h5,7-10H,3-4,6H2,1-2H3,(H,16,18)/t21-/m1/s1. The third kappa shape index (κ3) is 4.47. The average molecular weight is 322 g/mol. The molecule has 2 aromatic rings. The van der Waals surface area contributed by atoms with Gasteiger partial charge >= 0.3 is 0 Å². The van der Waals surface area contributed by atoms with E-state index in [0.717, 1.165) is 25.0 Å². The van der Waals surface area contributed by atoms with Crippen LogP contribution in [0.4, 0.5) is 5.69 Å². The van der Waals surface area contributed by atoms with Crippen LogP contribution >= 0.6 is 11.3 Å². The van der Waals surface area contributed by atoms with Crippen LogP contribution in [-0.2, 0) is 17.2 Å². The van der Waals surface area contributed by atoms with Gasteiger partial charge in [-0.1, -0.05) is 19.4 Å². The Kier molecular flexibility index (Phi) is 5.64. The SMILES string of the molecule is CCCCc1csc(C(=O)Nc2cccc([S@@](C)=O)c2)n1. The number of aromatic nitrogens is 1. The summed E-state index contributed by atoms with van der Waals surface area (Å²) in [5, 5.41) is 5.19. The minimum Gasteiger partial charge on any atom is -0.320 e. The predicted molar refractivity (Wildman–Crippen MR) is 87.5 cm³/mol. The Balaban J connectivity index is 2.05. The van der Waals surface area contributed by atoms with Crippen molar-refractivity contribution in [1.82, 2.24) is 4.98 Å². The molecule has 21 heavy (non-hydrogen) atoms. The second kappa shape index (κ2) is 7.47. The molecule has 0 aliphatic heterocycles. The molecule has 6 heteroatoms. The molecule has 1 N–H and O–H groups in total. The van der Waals surface area contributed by atoms with Crippen LogP contribution in [0.2, 0.25) is 0 Å². The summed E-state index contributed by atoms with van der Waals surface area (Å²) in [6.07, 6.45) is 4.71. The van der Waals surface area contributed by atoms with Gasteiger partial charge in [0.05, 0.1) is 5.69 Å². The Morgan fingerprint density at radius 1 is 1.43 bits per heavy atom. The number of nitrogens with zero attached hydrogens (tertiary/aromatic N) is 1. The number of benzene rings is 1. The zero-order valence-electron chi connectivity index (χ0n) is 12.1. The summed E-state index contributed by atoms with van der Waals surface area (Å²) in [5.41, 5.74) is 1.61. The van der Waals surface area contributed by atoms with Gasteiger partial charge in [0.25, 0.3) is 5.91 Å². The van der Waals surface area contributed by atoms with Crippen LogP contribution in [0.3, 0.4) is 0 Å². The molecule has 0 aliphatic carbocycles. The third-order valence-electron chi connectivity index (χ3n) is 2.96. The molecule has 0 aliphatic rings. The number of unbranched alkanes of at least 4 members (excludes halogenated alkanes) is 1. The summed E-state index contributed by atoms with van der Waals surface area (Å²) in [4.78, 5) is 17.2. The monoisotopic (exact) mass is 322 g/mol. The molecular formula is C15H18N2O2S2. The van der Waals surface area contributed by atoms with Crippen molar-refractivity contribution in [2.45, 2.75) is 31.1 Å². The van der Waals surface area contributed by atoms with E-state index < -0.39 is 10.8 Å². The van der Waals surface area contributed by atoms with Gasteiger partial charge < -0.3 is 5.32 Å². The van der Waals surface area contributed by atoms with Crippen LogP contribution in [-0.4, -0.2) is 21.4 Å². The lowest BCUT2D eigenvalue weighted by molar-refractivity contribution is 0.102. The lowest BCUT2D eigenvalue weighted by atomic mass is 10.2. The summed E-state index contributed by atoms with van der Waals surface area (Å²) >= 11 is 1.35. The molecule has 4 nitrogen and oxygen atoms in total. The van der Waals surface area contributed by atoms with Gasteiger partial charge in [-0.05, 0) is 31.0 Å². The fraction of sp³-hybridized carbons (Fsp3) is 0.333. The van der Waals surface area contributed by atoms with Crippen LogP contribution < -0.4 is 5.32 Å².